The van der Waals surface area contributed by atoms with E-state index >= 15 is 0 Å². The van der Waals surface area contributed by atoms with E-state index in [0.717, 1.165) is 10.1 Å². The molecule has 0 N–H and O–H groups in total. The van der Waals surface area contributed by atoms with Crippen molar-refractivity contribution in [2.24, 2.45) is 0 Å². The van der Waals surface area contributed by atoms with Crippen LogP contribution in [-0.4, -0.2) is 36.7 Å². The first-order valence-corrected chi connectivity index (χ1v) is 9.35. The zero-order valence-corrected chi connectivity index (χ0v) is 15.9. The van der Waals surface area contributed by atoms with Crippen molar-refractivity contribution in [1.82, 2.24) is 24.2 Å². The normalized spacial score (nSPS) is 15.2. The van der Waals surface area contributed by atoms with E-state index in [0.29, 0.717) is 5.02 Å². The highest BCUT2D eigenvalue weighted by atomic mass is 35.5. The van der Waals surface area contributed by atoms with Crippen LogP contribution in [-0.2, 0) is 24.1 Å². The summed E-state index contributed by atoms with van der Waals surface area (Å²) >= 11 is 5.97. The molecule has 3 aromatic rings. The summed E-state index contributed by atoms with van der Waals surface area (Å²) in [6.45, 7) is 0.185. The summed E-state index contributed by atoms with van der Waals surface area (Å²) in [6, 6.07) is 10.7. The van der Waals surface area contributed by atoms with Crippen LogP contribution < -0.4 is 0 Å². The summed E-state index contributed by atoms with van der Waals surface area (Å²) in [5.41, 5.74) is 0.915. The van der Waals surface area contributed by atoms with Crippen LogP contribution in [0.1, 0.15) is 29.7 Å². The molecule has 0 aliphatic carbocycles. The van der Waals surface area contributed by atoms with Crippen LogP contribution >= 0.6 is 11.6 Å². The molecule has 1 amide bonds. The summed E-state index contributed by atoms with van der Waals surface area (Å²) in [7, 11) is 0. The first-order valence-electron chi connectivity index (χ1n) is 8.98. The predicted molar refractivity (Wildman–Crippen MR) is 99.1 cm³/mol. The lowest BCUT2D eigenvalue weighted by Gasteiger charge is -2.30. The van der Waals surface area contributed by atoms with Gasteiger partial charge in [0.2, 0.25) is 11.7 Å². The highest BCUT2D eigenvalue weighted by Crippen LogP contribution is 2.30. The molecular formula is C19H17ClF3N5O. The van der Waals surface area contributed by atoms with Crippen LogP contribution in [0.3, 0.4) is 0 Å². The summed E-state index contributed by atoms with van der Waals surface area (Å²) in [5.74, 6) is -1.05. The third-order valence-corrected chi connectivity index (χ3v) is 5.22. The molecule has 29 heavy (non-hydrogen) atoms. The molecule has 1 atom stereocenters. The number of hydrogen-bond acceptors (Lipinski definition) is 3. The van der Waals surface area contributed by atoms with E-state index in [4.69, 9.17) is 11.6 Å². The lowest BCUT2D eigenvalue weighted by molar-refractivity contribution is -0.148. The number of hydrogen-bond donors (Lipinski definition) is 0. The minimum Gasteiger partial charge on any atom is -0.346 e. The van der Waals surface area contributed by atoms with Gasteiger partial charge in [-0.25, -0.2) is 0 Å². The van der Waals surface area contributed by atoms with Crippen molar-refractivity contribution < 1.29 is 18.0 Å². The maximum atomic E-state index is 13.0. The molecule has 6 nitrogen and oxygen atoms in total. The zero-order chi connectivity index (χ0) is 20.6. The standard InChI is InChI=1S/C19H17ClF3N5O/c20-14-5-3-13(4-6-14)15(26-7-1-2-8-26)11-17(29)27-9-10-28-16(12-27)24-25-18(28)19(21,22)23/h1-8,15H,9-12H2. The van der Waals surface area contributed by atoms with Crippen LogP contribution in [0.25, 0.3) is 0 Å². The highest BCUT2D eigenvalue weighted by Gasteiger charge is 2.40. The summed E-state index contributed by atoms with van der Waals surface area (Å²) in [6.07, 6.45) is -0.661. The van der Waals surface area contributed by atoms with Gasteiger partial charge in [-0.2, -0.15) is 13.2 Å². The maximum Gasteiger partial charge on any atom is 0.451 e. The number of carbonyl (C=O) groups excluding carboxylic acids is 1. The molecule has 2 aromatic heterocycles. The van der Waals surface area contributed by atoms with E-state index in [9.17, 15) is 18.0 Å². The molecule has 4 rings (SSSR count). The number of fused-ring (bicyclic) bond motifs is 1. The molecule has 1 aliphatic heterocycles. The van der Waals surface area contributed by atoms with E-state index in [1.54, 1.807) is 12.1 Å². The Kier molecular flexibility index (Phi) is 5.08. The number of aromatic nitrogens is 4. The molecule has 0 saturated carbocycles. The monoisotopic (exact) mass is 423 g/mol. The predicted octanol–water partition coefficient (Wildman–Crippen LogP) is 3.77. The van der Waals surface area contributed by atoms with Crippen molar-refractivity contribution in [2.75, 3.05) is 6.54 Å². The Morgan fingerprint density at radius 1 is 1.10 bits per heavy atom. The molecule has 0 spiro atoms. The third-order valence-electron chi connectivity index (χ3n) is 4.97. The molecule has 0 saturated heterocycles. The maximum absolute atomic E-state index is 13.0. The van der Waals surface area contributed by atoms with E-state index in [-0.39, 0.29) is 43.8 Å². The molecule has 10 heteroatoms. The Labute approximate surface area is 169 Å². The second kappa shape index (κ2) is 7.55. The van der Waals surface area contributed by atoms with Gasteiger partial charge in [0, 0.05) is 30.5 Å². The molecule has 0 fully saturated rings. The van der Waals surface area contributed by atoms with Gasteiger partial charge in [0.1, 0.15) is 0 Å². The van der Waals surface area contributed by atoms with Gasteiger partial charge in [0.05, 0.1) is 19.0 Å². The number of rotatable bonds is 4. The smallest absolute Gasteiger partial charge is 0.346 e. The van der Waals surface area contributed by atoms with Gasteiger partial charge in [-0.05, 0) is 29.8 Å². The second-order valence-electron chi connectivity index (χ2n) is 6.81. The Hall–Kier alpha value is -2.81. The Morgan fingerprint density at radius 2 is 1.79 bits per heavy atom. The fourth-order valence-corrected chi connectivity index (χ4v) is 3.64. The van der Waals surface area contributed by atoms with Crippen molar-refractivity contribution in [1.29, 1.82) is 0 Å². The highest BCUT2D eigenvalue weighted by molar-refractivity contribution is 6.30. The largest absolute Gasteiger partial charge is 0.451 e. The second-order valence-corrected chi connectivity index (χ2v) is 7.24. The number of carbonyl (C=O) groups is 1. The van der Waals surface area contributed by atoms with Crippen LogP contribution in [0.15, 0.2) is 48.8 Å². The quantitative estimate of drug-likeness (QED) is 0.642. The Balaban J connectivity index is 1.53. The first-order chi connectivity index (χ1) is 13.8. The average molecular weight is 424 g/mol. The van der Waals surface area contributed by atoms with E-state index in [1.165, 1.54) is 4.90 Å². The van der Waals surface area contributed by atoms with Gasteiger partial charge in [-0.1, -0.05) is 23.7 Å². The van der Waals surface area contributed by atoms with Crippen LogP contribution in [0.4, 0.5) is 13.2 Å². The average Bonchev–Trinajstić information content (AvgIpc) is 3.35. The summed E-state index contributed by atoms with van der Waals surface area (Å²) < 4.78 is 41.9. The molecule has 3 heterocycles. The lowest BCUT2D eigenvalue weighted by Crippen LogP contribution is -2.40. The Morgan fingerprint density at radius 3 is 2.45 bits per heavy atom. The van der Waals surface area contributed by atoms with Crippen molar-refractivity contribution in [3.63, 3.8) is 0 Å². The lowest BCUT2D eigenvalue weighted by atomic mass is 10.0. The van der Waals surface area contributed by atoms with Crippen LogP contribution in [0.5, 0.6) is 0 Å². The van der Waals surface area contributed by atoms with Gasteiger partial charge < -0.3 is 14.0 Å². The van der Waals surface area contributed by atoms with E-state index < -0.39 is 12.0 Å². The molecule has 0 radical (unpaired) electrons. The van der Waals surface area contributed by atoms with Crippen molar-refractivity contribution in [3.8, 4) is 0 Å². The number of benzene rings is 1. The van der Waals surface area contributed by atoms with E-state index in [2.05, 4.69) is 10.2 Å². The minimum atomic E-state index is -4.56. The molecule has 0 bridgehead atoms. The fourth-order valence-electron chi connectivity index (χ4n) is 3.51. The zero-order valence-electron chi connectivity index (χ0n) is 15.2. The first kappa shape index (κ1) is 19.5. The van der Waals surface area contributed by atoms with Gasteiger partial charge >= 0.3 is 6.18 Å². The number of alkyl halides is 3. The van der Waals surface area contributed by atoms with Gasteiger partial charge in [-0.3, -0.25) is 4.79 Å². The third kappa shape index (κ3) is 4.00. The summed E-state index contributed by atoms with van der Waals surface area (Å²) in [5, 5.41) is 7.48. The molecule has 1 unspecified atom stereocenters. The van der Waals surface area contributed by atoms with E-state index in [1.807, 2.05) is 41.2 Å². The Bertz CT molecular complexity index is 998. The number of nitrogens with zero attached hydrogens (tertiary/aromatic N) is 5. The molecule has 152 valence electrons. The molecular weight excluding hydrogens is 407 g/mol. The molecule has 1 aromatic carbocycles. The van der Waals surface area contributed by atoms with Crippen LogP contribution in [0.2, 0.25) is 5.02 Å². The van der Waals surface area contributed by atoms with Crippen molar-refractivity contribution in [3.05, 3.63) is 71.0 Å². The fraction of sp³-hybridized carbons (Fsp3) is 0.316. The van der Waals surface area contributed by atoms with Gasteiger partial charge in [-0.15, -0.1) is 10.2 Å². The number of halogens is 4. The van der Waals surface area contributed by atoms with Gasteiger partial charge in [0.25, 0.3) is 0 Å². The van der Waals surface area contributed by atoms with Crippen LogP contribution in [0, 0.1) is 0 Å². The van der Waals surface area contributed by atoms with Crippen molar-refractivity contribution in [2.45, 2.75) is 31.7 Å². The summed E-state index contributed by atoms with van der Waals surface area (Å²) in [4.78, 5) is 14.5. The van der Waals surface area contributed by atoms with Gasteiger partial charge in [0.15, 0.2) is 5.82 Å². The molecule has 1 aliphatic rings. The number of amides is 1. The SMILES string of the molecule is O=C(CC(c1ccc(Cl)cc1)n1cccc1)N1CCn2c(nnc2C(F)(F)F)C1. The topological polar surface area (TPSA) is 56.0 Å². The minimum absolute atomic E-state index is 0.000922. The van der Waals surface area contributed by atoms with Crippen molar-refractivity contribution >= 4 is 17.5 Å².